The van der Waals surface area contributed by atoms with Gasteiger partial charge >= 0.3 is 18.2 Å². The van der Waals surface area contributed by atoms with Crippen LogP contribution in [-0.2, 0) is 11.3 Å². The summed E-state index contributed by atoms with van der Waals surface area (Å²) < 4.78 is 57.0. The number of nitrogens with one attached hydrogen (secondary N) is 1. The van der Waals surface area contributed by atoms with E-state index in [-0.39, 0.29) is 6.54 Å². The van der Waals surface area contributed by atoms with Crippen molar-refractivity contribution in [3.8, 4) is 5.75 Å². The molecule has 6 nitrogen and oxygen atoms in total. The van der Waals surface area contributed by atoms with Crippen molar-refractivity contribution in [1.29, 1.82) is 0 Å². The number of likely N-dealkylation sites (tertiary alicyclic amines) is 1. The van der Waals surface area contributed by atoms with Crippen molar-refractivity contribution in [3.05, 3.63) is 29.6 Å². The average Bonchev–Trinajstić information content (AvgIpc) is 2.98. The molecule has 1 aromatic carbocycles. The number of nitrogens with zero attached hydrogens (tertiary/aromatic N) is 1. The van der Waals surface area contributed by atoms with Gasteiger partial charge in [0.25, 0.3) is 0 Å². The van der Waals surface area contributed by atoms with Crippen LogP contribution < -0.4 is 10.1 Å². The van der Waals surface area contributed by atoms with E-state index >= 15 is 0 Å². The van der Waals surface area contributed by atoms with Gasteiger partial charge in [-0.25, -0.2) is 9.18 Å². The highest BCUT2D eigenvalue weighted by atomic mass is 19.4. The number of alkyl halides is 3. The van der Waals surface area contributed by atoms with E-state index in [9.17, 15) is 27.2 Å². The third-order valence-electron chi connectivity index (χ3n) is 4.02. The maximum absolute atomic E-state index is 13.3. The van der Waals surface area contributed by atoms with Crippen molar-refractivity contribution < 1.29 is 37.0 Å². The molecule has 1 fully saturated rings. The Morgan fingerprint density at radius 1 is 1.36 bits per heavy atom. The highest BCUT2D eigenvalue weighted by Crippen LogP contribution is 2.37. The zero-order chi connectivity index (χ0) is 18.8. The molecule has 2 rings (SSSR count). The van der Waals surface area contributed by atoms with E-state index in [2.05, 4.69) is 5.32 Å². The van der Waals surface area contributed by atoms with E-state index < -0.39 is 48.9 Å². The number of halogens is 4. The first-order chi connectivity index (χ1) is 11.6. The van der Waals surface area contributed by atoms with Gasteiger partial charge in [-0.05, 0) is 18.2 Å². The van der Waals surface area contributed by atoms with E-state index in [4.69, 9.17) is 9.84 Å². The number of hydrogen-bond acceptors (Lipinski definition) is 3. The monoisotopic (exact) mass is 364 g/mol. The third kappa shape index (κ3) is 4.31. The highest BCUT2D eigenvalue weighted by Gasteiger charge is 2.53. The molecule has 10 heteroatoms. The normalized spacial score (nSPS) is 20.4. The molecule has 0 spiro atoms. The van der Waals surface area contributed by atoms with Crippen LogP contribution in [0.2, 0.25) is 0 Å². The summed E-state index contributed by atoms with van der Waals surface area (Å²) in [6, 6.07) is 2.79. The van der Waals surface area contributed by atoms with Crippen LogP contribution in [0.25, 0.3) is 0 Å². The summed E-state index contributed by atoms with van der Waals surface area (Å²) in [5.41, 5.74) is 0.303. The minimum atomic E-state index is -4.72. The van der Waals surface area contributed by atoms with Crippen molar-refractivity contribution in [2.45, 2.75) is 12.7 Å². The molecule has 2 atom stereocenters. The molecule has 0 bridgehead atoms. The summed E-state index contributed by atoms with van der Waals surface area (Å²) in [6.45, 7) is -1.47. The van der Waals surface area contributed by atoms with Gasteiger partial charge in [0.05, 0.1) is 18.9 Å². The molecule has 0 saturated carbocycles. The van der Waals surface area contributed by atoms with Gasteiger partial charge in [0.15, 0.2) is 0 Å². The predicted octanol–water partition coefficient (Wildman–Crippen LogP) is 2.24. The van der Waals surface area contributed by atoms with Crippen LogP contribution in [0.4, 0.5) is 22.4 Å². The van der Waals surface area contributed by atoms with Crippen LogP contribution in [0.1, 0.15) is 5.56 Å². The van der Waals surface area contributed by atoms with E-state index in [1.54, 1.807) is 0 Å². The number of carbonyl (C=O) groups is 2. The smallest absolute Gasteiger partial charge is 0.394 e. The molecular weight excluding hydrogens is 348 g/mol. The van der Waals surface area contributed by atoms with E-state index in [1.807, 2.05) is 0 Å². The molecule has 138 valence electrons. The van der Waals surface area contributed by atoms with Crippen LogP contribution >= 0.6 is 0 Å². The first-order valence-corrected chi connectivity index (χ1v) is 7.28. The number of methoxy groups -OCH3 is 1. The van der Waals surface area contributed by atoms with Crippen molar-refractivity contribution in [2.75, 3.05) is 20.2 Å². The molecule has 1 aromatic rings. The highest BCUT2D eigenvalue weighted by molar-refractivity contribution is 5.77. The number of carboxylic acid groups (broad SMARTS) is 1. The average molecular weight is 364 g/mol. The fourth-order valence-electron chi connectivity index (χ4n) is 2.72. The fraction of sp³-hybridized carbons (Fsp3) is 0.467. The van der Waals surface area contributed by atoms with E-state index in [0.717, 1.165) is 17.0 Å². The van der Waals surface area contributed by atoms with Crippen molar-refractivity contribution >= 4 is 12.0 Å². The number of carbonyl (C=O) groups excluding carboxylic acids is 1. The fourth-order valence-corrected chi connectivity index (χ4v) is 2.72. The summed E-state index contributed by atoms with van der Waals surface area (Å²) in [5, 5.41) is 11.3. The summed E-state index contributed by atoms with van der Waals surface area (Å²) >= 11 is 0. The van der Waals surface area contributed by atoms with Crippen molar-refractivity contribution in [3.63, 3.8) is 0 Å². The molecular formula is C15H16F4N2O4. The standard InChI is InChI=1S/C15H16F4N2O4/c1-25-12-3-2-9(16)4-8(12)5-20-14(24)21-6-10(13(22)23)11(7-21)15(17,18)19/h2-4,10-11H,5-7H2,1H3,(H,20,24)(H,22,23)/t10-,11-/m1/s1. The number of rotatable bonds is 4. The molecule has 1 aliphatic rings. The molecule has 1 aliphatic heterocycles. The molecule has 1 heterocycles. The molecule has 2 N–H and O–H groups in total. The van der Waals surface area contributed by atoms with Gasteiger partial charge in [-0.2, -0.15) is 13.2 Å². The lowest BCUT2D eigenvalue weighted by Crippen LogP contribution is -2.39. The number of amides is 2. The van der Waals surface area contributed by atoms with Gasteiger partial charge in [0.1, 0.15) is 11.6 Å². The van der Waals surface area contributed by atoms with Gasteiger partial charge in [-0.1, -0.05) is 0 Å². The first kappa shape index (κ1) is 18.8. The Labute approximate surface area is 140 Å². The second-order valence-electron chi connectivity index (χ2n) is 5.61. The topological polar surface area (TPSA) is 78.9 Å². The number of ether oxygens (including phenoxy) is 1. The van der Waals surface area contributed by atoms with Crippen LogP contribution in [0, 0.1) is 17.7 Å². The zero-order valence-electron chi connectivity index (χ0n) is 13.1. The Bertz CT molecular complexity index is 665. The van der Waals surface area contributed by atoms with Crippen LogP contribution in [0.15, 0.2) is 18.2 Å². The van der Waals surface area contributed by atoms with Crippen LogP contribution in [-0.4, -0.2) is 48.4 Å². The van der Waals surface area contributed by atoms with E-state index in [1.165, 1.54) is 13.2 Å². The molecule has 0 aromatic heterocycles. The van der Waals surface area contributed by atoms with Gasteiger partial charge in [-0.15, -0.1) is 0 Å². The largest absolute Gasteiger partial charge is 0.496 e. The second-order valence-corrected chi connectivity index (χ2v) is 5.61. The lowest BCUT2D eigenvalue weighted by Gasteiger charge is -2.19. The minimum Gasteiger partial charge on any atom is -0.496 e. The van der Waals surface area contributed by atoms with Gasteiger partial charge in [0, 0.05) is 25.2 Å². The number of carboxylic acids is 1. The lowest BCUT2D eigenvalue weighted by atomic mass is 9.96. The minimum absolute atomic E-state index is 0.176. The second kappa shape index (κ2) is 7.16. The predicted molar refractivity (Wildman–Crippen MR) is 77.4 cm³/mol. The summed E-state index contributed by atoms with van der Waals surface area (Å²) in [5.74, 6) is -5.70. The van der Waals surface area contributed by atoms with Crippen LogP contribution in [0.5, 0.6) is 5.75 Å². The zero-order valence-corrected chi connectivity index (χ0v) is 13.1. The lowest BCUT2D eigenvalue weighted by molar-refractivity contribution is -0.187. The van der Waals surface area contributed by atoms with Crippen LogP contribution in [0.3, 0.4) is 0 Å². The first-order valence-electron chi connectivity index (χ1n) is 7.28. The summed E-state index contributed by atoms with van der Waals surface area (Å²) in [4.78, 5) is 23.9. The molecule has 25 heavy (non-hydrogen) atoms. The molecule has 0 unspecified atom stereocenters. The number of hydrogen-bond donors (Lipinski definition) is 2. The Hall–Kier alpha value is -2.52. The maximum atomic E-state index is 13.3. The Morgan fingerprint density at radius 3 is 2.56 bits per heavy atom. The number of benzene rings is 1. The Balaban J connectivity index is 2.04. The van der Waals surface area contributed by atoms with E-state index in [0.29, 0.717) is 11.3 Å². The van der Waals surface area contributed by atoms with Crippen molar-refractivity contribution in [2.24, 2.45) is 11.8 Å². The quantitative estimate of drug-likeness (QED) is 0.804. The molecule has 1 saturated heterocycles. The maximum Gasteiger partial charge on any atom is 0.394 e. The molecule has 0 radical (unpaired) electrons. The summed E-state index contributed by atoms with van der Waals surface area (Å²) in [6.07, 6.45) is -4.72. The Morgan fingerprint density at radius 2 is 2.04 bits per heavy atom. The van der Waals surface area contributed by atoms with Gasteiger partial charge in [-0.3, -0.25) is 4.79 Å². The van der Waals surface area contributed by atoms with Gasteiger partial charge in [0.2, 0.25) is 0 Å². The van der Waals surface area contributed by atoms with Crippen molar-refractivity contribution in [1.82, 2.24) is 10.2 Å². The molecule has 2 amide bonds. The number of aliphatic carboxylic acids is 1. The Kier molecular flexibility index (Phi) is 5.39. The third-order valence-corrected chi connectivity index (χ3v) is 4.02. The summed E-state index contributed by atoms with van der Waals surface area (Å²) in [7, 11) is 1.35. The van der Waals surface area contributed by atoms with Gasteiger partial charge < -0.3 is 20.1 Å². The SMILES string of the molecule is COc1ccc(F)cc1CNC(=O)N1C[C@@H](C(F)(F)F)[C@H](C(=O)O)C1. The molecule has 0 aliphatic carbocycles. The number of urea groups is 1.